The van der Waals surface area contributed by atoms with Gasteiger partial charge in [-0.1, -0.05) is 53.5 Å². The Balaban J connectivity index is 0.000000218. The lowest BCUT2D eigenvalue weighted by Gasteiger charge is -2.09. The second-order valence-electron chi connectivity index (χ2n) is 4.66. The Morgan fingerprint density at radius 2 is 1.67 bits per heavy atom. The summed E-state index contributed by atoms with van der Waals surface area (Å²) in [6.45, 7) is 0.489. The highest BCUT2D eigenvalue weighted by Crippen LogP contribution is 2.26. The first-order valence-corrected chi connectivity index (χ1v) is 8.44. The van der Waals surface area contributed by atoms with Crippen LogP contribution in [0, 0.1) is 10.4 Å². The maximum Gasteiger partial charge on any atom is 0.101 e. The molecular formula is C16H17Cl2NOS. The lowest BCUT2D eigenvalue weighted by molar-refractivity contribution is 0.255. The molecule has 0 aliphatic heterocycles. The molecule has 0 fully saturated rings. The number of aliphatic hydroxyl groups is 1. The summed E-state index contributed by atoms with van der Waals surface area (Å²) in [7, 11) is 0. The standard InChI is InChI=1S/C10H13Cl2NOS.C6H4/c11-8-2-1-7(9(12)5-8)6-15-10(14)3-4-13;1-2-6-4-3-5(1)6/h1-2,5,10,14H,3-4,6,13H2;1-4H. The summed E-state index contributed by atoms with van der Waals surface area (Å²) in [5.74, 6) is 0.664. The Labute approximate surface area is 138 Å². The van der Waals surface area contributed by atoms with Crippen molar-refractivity contribution >= 4 is 35.0 Å². The van der Waals surface area contributed by atoms with Gasteiger partial charge in [0, 0.05) is 15.8 Å². The van der Waals surface area contributed by atoms with Gasteiger partial charge in [0.2, 0.25) is 0 Å². The van der Waals surface area contributed by atoms with Crippen molar-refractivity contribution in [3.8, 4) is 0 Å². The third-order valence-corrected chi connectivity index (χ3v) is 4.76. The summed E-state index contributed by atoms with van der Waals surface area (Å²) in [6, 6.07) is 13.8. The summed E-state index contributed by atoms with van der Waals surface area (Å²) in [6.07, 6.45) is 0.593. The zero-order valence-corrected chi connectivity index (χ0v) is 13.8. The number of halogens is 2. The molecule has 0 amide bonds. The zero-order chi connectivity index (χ0) is 15.2. The fourth-order valence-corrected chi connectivity index (χ4v) is 3.19. The van der Waals surface area contributed by atoms with Crippen LogP contribution in [0.5, 0.6) is 0 Å². The van der Waals surface area contributed by atoms with Crippen molar-refractivity contribution in [2.24, 2.45) is 5.73 Å². The minimum Gasteiger partial charge on any atom is -0.382 e. The van der Waals surface area contributed by atoms with Crippen LogP contribution in [0.25, 0.3) is 0 Å². The predicted molar refractivity (Wildman–Crippen MR) is 91.5 cm³/mol. The average Bonchev–Trinajstić information content (AvgIpc) is 2.43. The monoisotopic (exact) mass is 341 g/mol. The van der Waals surface area contributed by atoms with E-state index in [4.69, 9.17) is 28.9 Å². The molecule has 1 unspecified atom stereocenters. The highest BCUT2D eigenvalue weighted by atomic mass is 35.5. The van der Waals surface area contributed by atoms with Gasteiger partial charge in [0.25, 0.3) is 0 Å². The molecule has 0 bridgehead atoms. The lowest BCUT2D eigenvalue weighted by Crippen LogP contribution is -2.09. The third kappa shape index (κ3) is 4.90. The minimum absolute atomic E-state index is 0.429. The molecule has 2 aliphatic rings. The molecule has 1 aromatic rings. The molecule has 3 rings (SSSR count). The van der Waals surface area contributed by atoms with E-state index in [1.165, 1.54) is 22.2 Å². The molecule has 1 atom stereocenters. The summed E-state index contributed by atoms with van der Waals surface area (Å²) >= 11 is 13.2. The van der Waals surface area contributed by atoms with Crippen LogP contribution >= 0.6 is 35.0 Å². The first-order chi connectivity index (χ1) is 10.1. The Morgan fingerprint density at radius 1 is 1.05 bits per heavy atom. The highest BCUT2D eigenvalue weighted by Gasteiger charge is 2.06. The molecule has 1 aromatic carbocycles. The highest BCUT2D eigenvalue weighted by molar-refractivity contribution is 7.98. The molecule has 0 spiro atoms. The van der Waals surface area contributed by atoms with Gasteiger partial charge in [0.05, 0.1) is 0 Å². The molecule has 0 radical (unpaired) electrons. The number of nitrogens with two attached hydrogens (primary N) is 1. The van der Waals surface area contributed by atoms with Gasteiger partial charge in [-0.2, -0.15) is 0 Å². The summed E-state index contributed by atoms with van der Waals surface area (Å²) in [5.41, 5.74) is 5.88. The maximum absolute atomic E-state index is 9.47. The Morgan fingerprint density at radius 3 is 2.10 bits per heavy atom. The number of hydrogen-bond donors (Lipinski definition) is 2. The van der Waals surface area contributed by atoms with E-state index in [1.54, 1.807) is 12.1 Å². The maximum atomic E-state index is 9.47. The summed E-state index contributed by atoms with van der Waals surface area (Å²) < 4.78 is 0. The van der Waals surface area contributed by atoms with E-state index in [9.17, 15) is 5.11 Å². The zero-order valence-electron chi connectivity index (χ0n) is 11.4. The molecule has 21 heavy (non-hydrogen) atoms. The molecule has 5 heteroatoms. The van der Waals surface area contributed by atoms with Gasteiger partial charge in [0.1, 0.15) is 5.44 Å². The van der Waals surface area contributed by atoms with Crippen molar-refractivity contribution in [2.75, 3.05) is 6.54 Å². The smallest absolute Gasteiger partial charge is 0.101 e. The first-order valence-electron chi connectivity index (χ1n) is 6.64. The topological polar surface area (TPSA) is 46.2 Å². The van der Waals surface area contributed by atoms with E-state index < -0.39 is 5.44 Å². The van der Waals surface area contributed by atoms with Gasteiger partial charge in [-0.25, -0.2) is 0 Å². The summed E-state index contributed by atoms with van der Waals surface area (Å²) in [4.78, 5) is 0. The Hall–Kier alpha value is -0.710. The average molecular weight is 342 g/mol. The molecule has 3 N–H and O–H groups in total. The van der Waals surface area contributed by atoms with Crippen molar-refractivity contribution in [1.82, 2.24) is 0 Å². The van der Waals surface area contributed by atoms with Gasteiger partial charge in [-0.3, -0.25) is 0 Å². The van der Waals surface area contributed by atoms with Gasteiger partial charge in [-0.15, -0.1) is 11.8 Å². The second kappa shape index (κ2) is 8.06. The van der Waals surface area contributed by atoms with Crippen LogP contribution in [0.3, 0.4) is 0 Å². The molecule has 0 saturated heterocycles. The van der Waals surface area contributed by atoms with Gasteiger partial charge < -0.3 is 10.8 Å². The fraction of sp³-hybridized carbons (Fsp3) is 0.250. The van der Waals surface area contributed by atoms with E-state index in [0.717, 1.165) is 5.56 Å². The van der Waals surface area contributed by atoms with Gasteiger partial charge in [-0.05, 0) is 41.1 Å². The fourth-order valence-electron chi connectivity index (χ4n) is 1.71. The van der Waals surface area contributed by atoms with Crippen molar-refractivity contribution in [2.45, 2.75) is 17.6 Å². The van der Waals surface area contributed by atoms with E-state index in [-0.39, 0.29) is 0 Å². The van der Waals surface area contributed by atoms with Crippen molar-refractivity contribution in [3.05, 3.63) is 68.5 Å². The molecule has 2 nitrogen and oxygen atoms in total. The number of hydrogen-bond acceptors (Lipinski definition) is 3. The quantitative estimate of drug-likeness (QED) is 0.684. The first kappa shape index (κ1) is 16.7. The van der Waals surface area contributed by atoms with Crippen molar-refractivity contribution in [3.63, 3.8) is 0 Å². The number of rotatable bonds is 5. The van der Waals surface area contributed by atoms with Crippen LogP contribution in [0.1, 0.15) is 12.0 Å². The molecule has 0 aromatic heterocycles. The van der Waals surface area contributed by atoms with Gasteiger partial charge in [0.15, 0.2) is 0 Å². The number of thioether (sulfide) groups is 1. The minimum atomic E-state index is -0.429. The van der Waals surface area contributed by atoms with E-state index in [2.05, 4.69) is 24.3 Å². The van der Waals surface area contributed by atoms with Gasteiger partial charge >= 0.3 is 0 Å². The van der Waals surface area contributed by atoms with Crippen LogP contribution in [0.4, 0.5) is 0 Å². The largest absolute Gasteiger partial charge is 0.382 e. The van der Waals surface area contributed by atoms with E-state index >= 15 is 0 Å². The Bertz CT molecular complexity index is 643. The van der Waals surface area contributed by atoms with Crippen LogP contribution in [-0.4, -0.2) is 17.1 Å². The molecule has 0 saturated carbocycles. The van der Waals surface area contributed by atoms with Crippen LogP contribution in [0.2, 0.25) is 10.0 Å². The van der Waals surface area contributed by atoms with Crippen LogP contribution in [0.15, 0.2) is 42.5 Å². The number of benzene rings is 2. The molecule has 2 aliphatic carbocycles. The molecule has 112 valence electrons. The van der Waals surface area contributed by atoms with Crippen molar-refractivity contribution in [1.29, 1.82) is 0 Å². The lowest BCUT2D eigenvalue weighted by atomic mass is 10.1. The van der Waals surface area contributed by atoms with Crippen LogP contribution < -0.4 is 5.73 Å². The Kier molecular flexibility index (Phi) is 6.40. The number of aliphatic hydroxyl groups excluding tert-OH is 1. The summed E-state index contributed by atoms with van der Waals surface area (Å²) in [5, 5.41) is 13.6. The molecule has 0 heterocycles. The third-order valence-electron chi connectivity index (χ3n) is 3.08. The van der Waals surface area contributed by atoms with Crippen LogP contribution in [-0.2, 0) is 5.75 Å². The molecular weight excluding hydrogens is 325 g/mol. The predicted octanol–water partition coefficient (Wildman–Crippen LogP) is 4.18. The van der Waals surface area contributed by atoms with Crippen molar-refractivity contribution < 1.29 is 5.11 Å². The SMILES string of the molecule is NCCC(O)SCc1ccc(Cl)cc1Cl.c1cc2ccc1=2. The second-order valence-corrected chi connectivity index (χ2v) is 6.67. The van der Waals surface area contributed by atoms with E-state index in [0.29, 0.717) is 28.8 Å². The normalized spacial score (nSPS) is 12.4. The van der Waals surface area contributed by atoms with E-state index in [1.807, 2.05) is 6.07 Å².